The molecule has 19 heavy (non-hydrogen) atoms. The highest BCUT2D eigenvalue weighted by molar-refractivity contribution is 6.36. The molecule has 0 aromatic heterocycles. The zero-order chi connectivity index (χ0) is 13.7. The Kier molecular flexibility index (Phi) is 4.78. The van der Waals surface area contributed by atoms with Crippen LogP contribution >= 0.6 is 23.2 Å². The smallest absolute Gasteiger partial charge is 0.150 e. The molecule has 0 amide bonds. The van der Waals surface area contributed by atoms with E-state index in [1.165, 1.54) is 0 Å². The van der Waals surface area contributed by atoms with Crippen molar-refractivity contribution >= 4 is 35.1 Å². The quantitative estimate of drug-likeness (QED) is 0.583. The van der Waals surface area contributed by atoms with Crippen molar-refractivity contribution < 1.29 is 4.79 Å². The molecule has 2 rings (SSSR count). The van der Waals surface area contributed by atoms with E-state index in [1.807, 2.05) is 36.4 Å². The second-order valence-corrected chi connectivity index (χ2v) is 4.93. The zero-order valence-electron chi connectivity index (χ0n) is 10.1. The lowest BCUT2D eigenvalue weighted by Gasteiger charge is -2.04. The highest BCUT2D eigenvalue weighted by Crippen LogP contribution is 2.26. The Bertz CT molecular complexity index is 603. The molecule has 0 atom stereocenters. The lowest BCUT2D eigenvalue weighted by molar-refractivity contribution is -0.103. The van der Waals surface area contributed by atoms with Crippen molar-refractivity contribution in [2.75, 3.05) is 0 Å². The first-order chi connectivity index (χ1) is 9.20. The summed E-state index contributed by atoms with van der Waals surface area (Å²) in [5.41, 5.74) is 2.43. The molecule has 1 nitrogen and oxygen atoms in total. The Labute approximate surface area is 122 Å². The molecule has 0 unspecified atom stereocenters. The van der Waals surface area contributed by atoms with Crippen LogP contribution in [0, 0.1) is 0 Å². The molecular formula is C16H12Cl2O. The van der Waals surface area contributed by atoms with Gasteiger partial charge in [0.1, 0.15) is 6.29 Å². The summed E-state index contributed by atoms with van der Waals surface area (Å²) in [6, 6.07) is 15.1. The van der Waals surface area contributed by atoms with Crippen LogP contribution < -0.4 is 0 Å². The number of hydrogen-bond donors (Lipinski definition) is 0. The highest BCUT2D eigenvalue weighted by Gasteiger charge is 2.06. The van der Waals surface area contributed by atoms with Crippen LogP contribution in [0.3, 0.4) is 0 Å². The average Bonchev–Trinajstić information content (AvgIpc) is 2.42. The number of carbonyl (C=O) groups is 1. The normalized spacial score (nSPS) is 11.4. The van der Waals surface area contributed by atoms with Crippen molar-refractivity contribution in [2.45, 2.75) is 6.42 Å². The topological polar surface area (TPSA) is 17.1 Å². The van der Waals surface area contributed by atoms with Gasteiger partial charge >= 0.3 is 0 Å². The summed E-state index contributed by atoms with van der Waals surface area (Å²) in [5.74, 6) is 0. The van der Waals surface area contributed by atoms with Gasteiger partial charge < -0.3 is 0 Å². The van der Waals surface area contributed by atoms with E-state index in [0.717, 1.165) is 11.8 Å². The standard InChI is InChI=1S/C16H12Cl2O/c17-14-8-9-15(16(18)10-14)13(11-19)7-6-12-4-2-1-3-5-12/h1-5,7-11H,6H2/b13-7-. The first kappa shape index (κ1) is 13.9. The Morgan fingerprint density at radius 2 is 1.79 bits per heavy atom. The lowest BCUT2D eigenvalue weighted by Crippen LogP contribution is -1.90. The Morgan fingerprint density at radius 1 is 1.05 bits per heavy atom. The average molecular weight is 291 g/mol. The largest absolute Gasteiger partial charge is 0.298 e. The summed E-state index contributed by atoms with van der Waals surface area (Å²) in [4.78, 5) is 11.2. The maximum absolute atomic E-state index is 11.2. The van der Waals surface area contributed by atoms with Gasteiger partial charge in [0, 0.05) is 21.2 Å². The van der Waals surface area contributed by atoms with Gasteiger partial charge in [-0.1, -0.05) is 65.7 Å². The summed E-state index contributed by atoms with van der Waals surface area (Å²) in [7, 11) is 0. The molecule has 0 saturated heterocycles. The van der Waals surface area contributed by atoms with Gasteiger partial charge in [0.2, 0.25) is 0 Å². The molecule has 0 fully saturated rings. The molecule has 0 bridgehead atoms. The van der Waals surface area contributed by atoms with Crippen molar-refractivity contribution in [1.82, 2.24) is 0 Å². The Morgan fingerprint density at radius 3 is 2.42 bits per heavy atom. The predicted octanol–water partition coefficient (Wildman–Crippen LogP) is 4.82. The maximum Gasteiger partial charge on any atom is 0.150 e. The summed E-state index contributed by atoms with van der Waals surface area (Å²) in [6.45, 7) is 0. The molecule has 3 heteroatoms. The summed E-state index contributed by atoms with van der Waals surface area (Å²) >= 11 is 11.9. The SMILES string of the molecule is O=C/C(=C/Cc1ccccc1)c1ccc(Cl)cc1Cl. The monoisotopic (exact) mass is 290 g/mol. The number of aldehydes is 1. The minimum atomic E-state index is 0.485. The zero-order valence-corrected chi connectivity index (χ0v) is 11.7. The highest BCUT2D eigenvalue weighted by atomic mass is 35.5. The van der Waals surface area contributed by atoms with Gasteiger partial charge in [-0.15, -0.1) is 0 Å². The van der Waals surface area contributed by atoms with Crippen molar-refractivity contribution in [3.8, 4) is 0 Å². The van der Waals surface area contributed by atoms with Gasteiger partial charge in [-0.3, -0.25) is 4.79 Å². The molecule has 96 valence electrons. The predicted molar refractivity (Wildman–Crippen MR) is 80.6 cm³/mol. The molecular weight excluding hydrogens is 279 g/mol. The van der Waals surface area contributed by atoms with E-state index >= 15 is 0 Å². The third-order valence-corrected chi connectivity index (χ3v) is 3.32. The molecule has 2 aromatic rings. The van der Waals surface area contributed by atoms with Crippen LogP contribution in [-0.4, -0.2) is 6.29 Å². The van der Waals surface area contributed by atoms with Crippen LogP contribution in [0.25, 0.3) is 5.57 Å². The van der Waals surface area contributed by atoms with E-state index in [-0.39, 0.29) is 0 Å². The van der Waals surface area contributed by atoms with Crippen molar-refractivity contribution in [1.29, 1.82) is 0 Å². The van der Waals surface area contributed by atoms with Crippen LogP contribution in [0.15, 0.2) is 54.6 Å². The third kappa shape index (κ3) is 3.69. The molecule has 0 radical (unpaired) electrons. The van der Waals surface area contributed by atoms with E-state index in [1.54, 1.807) is 18.2 Å². The fraction of sp³-hybridized carbons (Fsp3) is 0.0625. The fourth-order valence-electron chi connectivity index (χ4n) is 1.79. The summed E-state index contributed by atoms with van der Waals surface area (Å²) < 4.78 is 0. The molecule has 0 spiro atoms. The first-order valence-electron chi connectivity index (χ1n) is 5.85. The number of carbonyl (C=O) groups excluding carboxylic acids is 1. The second kappa shape index (κ2) is 6.55. The molecule has 0 aliphatic rings. The molecule has 0 heterocycles. The second-order valence-electron chi connectivity index (χ2n) is 4.09. The number of allylic oxidation sites excluding steroid dienone is 2. The molecule has 0 aliphatic heterocycles. The number of hydrogen-bond acceptors (Lipinski definition) is 1. The Hall–Kier alpha value is -1.57. The summed E-state index contributed by atoms with van der Waals surface area (Å²) in [6.07, 6.45) is 3.38. The minimum Gasteiger partial charge on any atom is -0.298 e. The van der Waals surface area contributed by atoms with E-state index in [2.05, 4.69) is 0 Å². The lowest BCUT2D eigenvalue weighted by atomic mass is 10.0. The molecule has 2 aromatic carbocycles. The number of benzene rings is 2. The van der Waals surface area contributed by atoms with E-state index in [9.17, 15) is 4.79 Å². The molecule has 0 saturated carbocycles. The minimum absolute atomic E-state index is 0.485. The van der Waals surface area contributed by atoms with E-state index in [4.69, 9.17) is 23.2 Å². The van der Waals surface area contributed by atoms with Crippen molar-refractivity contribution in [2.24, 2.45) is 0 Å². The van der Waals surface area contributed by atoms with Gasteiger partial charge in [-0.2, -0.15) is 0 Å². The third-order valence-electron chi connectivity index (χ3n) is 2.77. The van der Waals surface area contributed by atoms with Gasteiger partial charge in [-0.05, 0) is 24.1 Å². The Balaban J connectivity index is 2.27. The molecule has 0 aliphatic carbocycles. The first-order valence-corrected chi connectivity index (χ1v) is 6.61. The van der Waals surface area contributed by atoms with Gasteiger partial charge in [0.25, 0.3) is 0 Å². The fourth-order valence-corrected chi connectivity index (χ4v) is 2.30. The van der Waals surface area contributed by atoms with Crippen LogP contribution in [0.1, 0.15) is 11.1 Å². The van der Waals surface area contributed by atoms with Gasteiger partial charge in [0.15, 0.2) is 0 Å². The summed E-state index contributed by atoms with van der Waals surface area (Å²) in [5, 5.41) is 1.04. The van der Waals surface area contributed by atoms with Gasteiger partial charge in [0.05, 0.1) is 0 Å². The van der Waals surface area contributed by atoms with Crippen LogP contribution in [0.4, 0.5) is 0 Å². The molecule has 0 N–H and O–H groups in total. The van der Waals surface area contributed by atoms with Crippen LogP contribution in [0.5, 0.6) is 0 Å². The van der Waals surface area contributed by atoms with E-state index in [0.29, 0.717) is 27.6 Å². The van der Waals surface area contributed by atoms with Crippen molar-refractivity contribution in [3.05, 3.63) is 75.8 Å². The number of rotatable bonds is 4. The van der Waals surface area contributed by atoms with Crippen molar-refractivity contribution in [3.63, 3.8) is 0 Å². The van der Waals surface area contributed by atoms with E-state index < -0.39 is 0 Å². The van der Waals surface area contributed by atoms with Gasteiger partial charge in [-0.25, -0.2) is 0 Å². The van der Waals surface area contributed by atoms with Crippen LogP contribution in [-0.2, 0) is 11.2 Å². The van der Waals surface area contributed by atoms with Crippen LogP contribution in [0.2, 0.25) is 10.0 Å². The maximum atomic E-state index is 11.2. The number of halogens is 2.